The molecular formula is C8H8Na2O6S. The Bertz CT molecular complexity index is 477. The van der Waals surface area contributed by atoms with Crippen LogP contribution in [0.15, 0.2) is 24.3 Å². The summed E-state index contributed by atoms with van der Waals surface area (Å²) in [5.74, 6) is -2.31. The first kappa shape index (κ1) is 19.4. The summed E-state index contributed by atoms with van der Waals surface area (Å²) in [5, 5.41) is 8.60. The van der Waals surface area contributed by atoms with E-state index in [-0.39, 0.29) is 70.2 Å². The van der Waals surface area contributed by atoms with Crippen molar-refractivity contribution in [2.45, 2.75) is 0 Å². The summed E-state index contributed by atoms with van der Waals surface area (Å²) in [5.41, 5.74) is -0.250. The first-order valence-electron chi connectivity index (χ1n) is 3.71. The number of hydrogen-bond acceptors (Lipinski definition) is 5. The SMILES string of the molecule is O=C(O)c1cccc(C(=O)O[SH](=O)=O)c1.[NaH].[NaH]. The minimum absolute atomic E-state index is 0. The van der Waals surface area contributed by atoms with Crippen LogP contribution in [0, 0.1) is 0 Å². The standard InChI is InChI=1S/C8H6O6S.2Na.2H/c9-7(10)5-2-1-3-6(4-5)8(11)14-15(12)13;;;;/h1-4,15H,(H,9,10);;;;. The van der Waals surface area contributed by atoms with Gasteiger partial charge in [0.2, 0.25) is 0 Å². The molecule has 0 unspecified atom stereocenters. The molecule has 0 spiro atoms. The molecule has 9 heteroatoms. The minimum atomic E-state index is -3.29. The second kappa shape index (κ2) is 9.09. The van der Waals surface area contributed by atoms with Gasteiger partial charge in [0.05, 0.1) is 11.1 Å². The molecular weight excluding hydrogens is 270 g/mol. The number of thiol groups is 1. The molecule has 0 aliphatic heterocycles. The molecule has 1 aromatic carbocycles. The van der Waals surface area contributed by atoms with E-state index in [1.54, 1.807) is 0 Å². The number of benzene rings is 1. The zero-order valence-electron chi connectivity index (χ0n) is 7.25. The first-order chi connectivity index (χ1) is 7.00. The van der Waals surface area contributed by atoms with Gasteiger partial charge in [0, 0.05) is 0 Å². The molecule has 1 rings (SSSR count). The summed E-state index contributed by atoms with van der Waals surface area (Å²) in [6, 6.07) is 4.88. The molecule has 1 aromatic rings. The summed E-state index contributed by atoms with van der Waals surface area (Å²) in [4.78, 5) is 21.6. The van der Waals surface area contributed by atoms with E-state index in [9.17, 15) is 18.0 Å². The van der Waals surface area contributed by atoms with Crippen molar-refractivity contribution in [3.05, 3.63) is 35.4 Å². The van der Waals surface area contributed by atoms with E-state index in [0.717, 1.165) is 6.07 Å². The van der Waals surface area contributed by atoms with E-state index < -0.39 is 22.9 Å². The van der Waals surface area contributed by atoms with Gasteiger partial charge in [-0.3, -0.25) is 0 Å². The third kappa shape index (κ3) is 6.56. The van der Waals surface area contributed by atoms with Gasteiger partial charge >= 0.3 is 82.0 Å². The molecule has 6 nitrogen and oxygen atoms in total. The average molecular weight is 278 g/mol. The van der Waals surface area contributed by atoms with Crippen LogP contribution in [-0.4, -0.2) is 84.6 Å². The third-order valence-electron chi connectivity index (χ3n) is 1.50. The number of carboxylic acid groups (broad SMARTS) is 1. The van der Waals surface area contributed by atoms with Gasteiger partial charge in [-0.25, -0.2) is 9.59 Å². The van der Waals surface area contributed by atoms with E-state index >= 15 is 0 Å². The molecule has 17 heavy (non-hydrogen) atoms. The Balaban J connectivity index is 0. The fourth-order valence-corrected chi connectivity index (χ4v) is 1.14. The summed E-state index contributed by atoms with van der Waals surface area (Å²) in [6.45, 7) is 0. The van der Waals surface area contributed by atoms with E-state index in [4.69, 9.17) is 5.11 Å². The molecule has 0 bridgehead atoms. The van der Waals surface area contributed by atoms with Crippen LogP contribution in [0.3, 0.4) is 0 Å². The van der Waals surface area contributed by atoms with Gasteiger partial charge in [-0.15, -0.1) is 0 Å². The second-order valence-corrected chi connectivity index (χ2v) is 3.12. The third-order valence-corrected chi connectivity index (χ3v) is 1.82. The van der Waals surface area contributed by atoms with Gasteiger partial charge in [-0.05, 0) is 18.2 Å². The van der Waals surface area contributed by atoms with Crippen molar-refractivity contribution in [2.24, 2.45) is 0 Å². The summed E-state index contributed by atoms with van der Waals surface area (Å²) in [6.07, 6.45) is 0. The van der Waals surface area contributed by atoms with Crippen molar-refractivity contribution >= 4 is 82.0 Å². The Morgan fingerprint density at radius 2 is 1.65 bits per heavy atom. The Morgan fingerprint density at radius 3 is 2.12 bits per heavy atom. The summed E-state index contributed by atoms with van der Waals surface area (Å²) >= 11 is 0. The Hall–Kier alpha value is 0.110. The number of rotatable bonds is 3. The van der Waals surface area contributed by atoms with Crippen molar-refractivity contribution in [3.8, 4) is 0 Å². The van der Waals surface area contributed by atoms with Crippen molar-refractivity contribution in [1.82, 2.24) is 0 Å². The molecule has 0 saturated heterocycles. The number of carboxylic acids is 1. The predicted molar refractivity (Wildman–Crippen MR) is 63.4 cm³/mol. The van der Waals surface area contributed by atoms with E-state index in [0.29, 0.717) is 0 Å². The molecule has 1 N–H and O–H groups in total. The van der Waals surface area contributed by atoms with Crippen LogP contribution in [0.4, 0.5) is 0 Å². The first-order valence-corrected chi connectivity index (χ1v) is 4.80. The molecule has 0 aliphatic carbocycles. The van der Waals surface area contributed by atoms with Gasteiger partial charge in [-0.1, -0.05) is 6.07 Å². The zero-order chi connectivity index (χ0) is 11.4. The van der Waals surface area contributed by atoms with Crippen LogP contribution in [0.1, 0.15) is 20.7 Å². The number of hydrogen-bond donors (Lipinski definition) is 2. The monoisotopic (exact) mass is 278 g/mol. The van der Waals surface area contributed by atoms with Crippen LogP contribution >= 0.6 is 0 Å². The fraction of sp³-hybridized carbons (Fsp3) is 0. The Labute approximate surface area is 143 Å². The molecule has 0 radical (unpaired) electrons. The van der Waals surface area contributed by atoms with Crippen LogP contribution < -0.4 is 0 Å². The van der Waals surface area contributed by atoms with Crippen LogP contribution in [0.25, 0.3) is 0 Å². The molecule has 0 aliphatic rings. The van der Waals surface area contributed by atoms with E-state index in [2.05, 4.69) is 4.18 Å². The summed E-state index contributed by atoms with van der Waals surface area (Å²) in [7, 11) is -3.29. The van der Waals surface area contributed by atoms with Gasteiger partial charge in [0.25, 0.3) is 0 Å². The van der Waals surface area contributed by atoms with Gasteiger partial charge < -0.3 is 9.29 Å². The molecule has 0 amide bonds. The van der Waals surface area contributed by atoms with Crippen molar-refractivity contribution in [1.29, 1.82) is 0 Å². The topological polar surface area (TPSA) is 97.7 Å². The maximum absolute atomic E-state index is 11.0. The zero-order valence-corrected chi connectivity index (χ0v) is 8.14. The van der Waals surface area contributed by atoms with Crippen LogP contribution in [0.5, 0.6) is 0 Å². The van der Waals surface area contributed by atoms with Crippen molar-refractivity contribution < 1.29 is 27.3 Å². The van der Waals surface area contributed by atoms with Gasteiger partial charge in [-0.2, -0.15) is 8.42 Å². The molecule has 0 heterocycles. The number of carbonyl (C=O) groups excluding carboxylic acids is 1. The van der Waals surface area contributed by atoms with Gasteiger partial charge in [0.15, 0.2) is 0 Å². The van der Waals surface area contributed by atoms with E-state index in [1.807, 2.05) is 0 Å². The molecule has 84 valence electrons. The Morgan fingerprint density at radius 1 is 1.12 bits per heavy atom. The number of aromatic carboxylic acids is 1. The predicted octanol–water partition coefficient (Wildman–Crippen LogP) is -1.23. The van der Waals surface area contributed by atoms with Gasteiger partial charge in [0.1, 0.15) is 0 Å². The molecule has 0 atom stereocenters. The van der Waals surface area contributed by atoms with Crippen LogP contribution in [0.2, 0.25) is 0 Å². The second-order valence-electron chi connectivity index (χ2n) is 2.49. The summed E-state index contributed by atoms with van der Waals surface area (Å²) < 4.78 is 24.1. The molecule has 0 fully saturated rings. The van der Waals surface area contributed by atoms with E-state index in [1.165, 1.54) is 18.2 Å². The maximum atomic E-state index is 11.0. The van der Waals surface area contributed by atoms with Crippen molar-refractivity contribution in [2.75, 3.05) is 0 Å². The van der Waals surface area contributed by atoms with Crippen LogP contribution in [-0.2, 0) is 15.2 Å². The van der Waals surface area contributed by atoms with Crippen molar-refractivity contribution in [3.63, 3.8) is 0 Å². The molecule has 0 aromatic heterocycles. The average Bonchev–Trinajstić information content (AvgIpc) is 2.17. The molecule has 0 saturated carbocycles. The number of carbonyl (C=O) groups is 2. The fourth-order valence-electron chi connectivity index (χ4n) is 0.900. The normalized spacial score (nSPS) is 8.76. The Kier molecular flexibility index (Phi) is 10.4. The quantitative estimate of drug-likeness (QED) is 0.531.